The fraction of sp³-hybridized carbons (Fsp3) is 0. The molecule has 0 spiro atoms. The lowest BCUT2D eigenvalue weighted by atomic mass is 10.0. The van der Waals surface area contributed by atoms with E-state index in [0.29, 0.717) is 0 Å². The Morgan fingerprint density at radius 3 is 1.50 bits per heavy atom. The highest BCUT2D eigenvalue weighted by Gasteiger charge is 2.20. The monoisotopic (exact) mass is 485 g/mol. The van der Waals surface area contributed by atoms with E-state index in [1.807, 2.05) is 12.1 Å². The Kier molecular flexibility index (Phi) is 4.55. The van der Waals surface area contributed by atoms with E-state index < -0.39 is 0 Å². The summed E-state index contributed by atoms with van der Waals surface area (Å²) in [7, 11) is 0. The van der Waals surface area contributed by atoms with Gasteiger partial charge < -0.3 is 9.32 Å². The summed E-state index contributed by atoms with van der Waals surface area (Å²) in [6.07, 6.45) is 0. The molecule has 0 aliphatic heterocycles. The molecule has 8 rings (SSSR count). The first kappa shape index (κ1) is 21.0. The van der Waals surface area contributed by atoms with E-state index in [-0.39, 0.29) is 0 Å². The van der Waals surface area contributed by atoms with Crippen LogP contribution in [-0.4, -0.2) is 0 Å². The number of hydrogen-bond donors (Lipinski definition) is 0. The van der Waals surface area contributed by atoms with Crippen molar-refractivity contribution < 1.29 is 4.42 Å². The lowest BCUT2D eigenvalue weighted by Crippen LogP contribution is -2.11. The van der Waals surface area contributed by atoms with Crippen molar-refractivity contribution in [3.05, 3.63) is 140 Å². The molecule has 0 N–H and O–H groups in total. The molecule has 0 aliphatic rings. The van der Waals surface area contributed by atoms with Crippen molar-refractivity contribution in [2.24, 2.45) is 0 Å². The topological polar surface area (TPSA) is 16.4 Å². The van der Waals surface area contributed by atoms with Crippen molar-refractivity contribution in [3.8, 4) is 0 Å². The molecular formula is C36H23NO. The molecule has 0 radical (unpaired) electrons. The molecule has 1 heterocycles. The Morgan fingerprint density at radius 1 is 0.342 bits per heavy atom. The second-order valence-corrected chi connectivity index (χ2v) is 9.78. The molecule has 8 aromatic rings. The van der Waals surface area contributed by atoms with Crippen LogP contribution in [0.1, 0.15) is 0 Å². The highest BCUT2D eigenvalue weighted by Crippen LogP contribution is 2.45. The van der Waals surface area contributed by atoms with Gasteiger partial charge in [0.15, 0.2) is 0 Å². The average Bonchev–Trinajstić information content (AvgIpc) is 3.34. The summed E-state index contributed by atoms with van der Waals surface area (Å²) in [6, 6.07) is 49.7. The number of furan rings is 1. The Labute approximate surface area is 220 Å². The van der Waals surface area contributed by atoms with Gasteiger partial charge in [0.05, 0.1) is 17.1 Å². The van der Waals surface area contributed by atoms with Gasteiger partial charge >= 0.3 is 0 Å². The first-order valence-electron chi connectivity index (χ1n) is 12.9. The van der Waals surface area contributed by atoms with Crippen LogP contribution in [0.5, 0.6) is 0 Å². The number of anilines is 3. The average molecular weight is 486 g/mol. The molecule has 0 fully saturated rings. The fourth-order valence-corrected chi connectivity index (χ4v) is 5.87. The smallest absolute Gasteiger partial charge is 0.136 e. The molecule has 2 nitrogen and oxygen atoms in total. The van der Waals surface area contributed by atoms with Crippen molar-refractivity contribution in [1.29, 1.82) is 0 Å². The fourth-order valence-electron chi connectivity index (χ4n) is 5.87. The van der Waals surface area contributed by atoms with Gasteiger partial charge in [0, 0.05) is 26.9 Å². The van der Waals surface area contributed by atoms with Gasteiger partial charge in [-0.05, 0) is 52.6 Å². The highest BCUT2D eigenvalue weighted by atomic mass is 16.3. The number of fused-ring (bicyclic) bond motifs is 6. The molecule has 178 valence electrons. The van der Waals surface area contributed by atoms with Crippen molar-refractivity contribution >= 4 is 71.3 Å². The molecule has 0 saturated carbocycles. The Morgan fingerprint density at radius 2 is 0.842 bits per heavy atom. The molecule has 2 heteroatoms. The highest BCUT2D eigenvalue weighted by molar-refractivity contribution is 6.14. The predicted molar refractivity (Wildman–Crippen MR) is 161 cm³/mol. The van der Waals surface area contributed by atoms with E-state index in [4.69, 9.17) is 4.42 Å². The van der Waals surface area contributed by atoms with E-state index in [1.54, 1.807) is 0 Å². The number of rotatable bonds is 3. The first-order chi connectivity index (χ1) is 18.8. The van der Waals surface area contributed by atoms with Crippen LogP contribution in [0.25, 0.3) is 54.3 Å². The molecule has 0 amide bonds. The van der Waals surface area contributed by atoms with Crippen LogP contribution in [0, 0.1) is 0 Å². The lowest BCUT2D eigenvalue weighted by molar-refractivity contribution is 0.669. The second kappa shape index (κ2) is 8.22. The molecule has 7 aromatic carbocycles. The minimum atomic E-state index is 0.905. The van der Waals surface area contributed by atoms with Crippen molar-refractivity contribution in [1.82, 2.24) is 0 Å². The quantitative estimate of drug-likeness (QED) is 0.247. The van der Waals surface area contributed by atoms with Gasteiger partial charge in [-0.3, -0.25) is 0 Å². The Hall–Kier alpha value is -5.08. The molecule has 0 saturated heterocycles. The maximum Gasteiger partial charge on any atom is 0.136 e. The van der Waals surface area contributed by atoms with Crippen LogP contribution < -0.4 is 4.90 Å². The predicted octanol–water partition coefficient (Wildman–Crippen LogP) is 10.5. The summed E-state index contributed by atoms with van der Waals surface area (Å²) < 4.78 is 6.33. The number of benzene rings is 7. The maximum absolute atomic E-state index is 6.33. The minimum Gasteiger partial charge on any atom is -0.456 e. The SMILES string of the molecule is c1ccc2c(N(c3cccc4ccccc34)c3cccc4cc5c(cc34)oc3ccccc35)cccc2c1. The van der Waals surface area contributed by atoms with Crippen molar-refractivity contribution in [2.75, 3.05) is 4.90 Å². The van der Waals surface area contributed by atoms with Gasteiger partial charge in [0.1, 0.15) is 11.2 Å². The zero-order valence-electron chi connectivity index (χ0n) is 20.6. The zero-order chi connectivity index (χ0) is 25.1. The van der Waals surface area contributed by atoms with Crippen molar-refractivity contribution in [3.63, 3.8) is 0 Å². The third kappa shape index (κ3) is 3.14. The maximum atomic E-state index is 6.33. The van der Waals surface area contributed by atoms with Gasteiger partial charge in [0.25, 0.3) is 0 Å². The van der Waals surface area contributed by atoms with E-state index in [9.17, 15) is 0 Å². The first-order valence-corrected chi connectivity index (χ1v) is 12.9. The van der Waals surface area contributed by atoms with E-state index in [0.717, 1.165) is 44.4 Å². The molecular weight excluding hydrogens is 462 g/mol. The third-order valence-corrected chi connectivity index (χ3v) is 7.61. The van der Waals surface area contributed by atoms with Gasteiger partial charge in [-0.1, -0.05) is 103 Å². The van der Waals surface area contributed by atoms with Gasteiger partial charge in [-0.15, -0.1) is 0 Å². The van der Waals surface area contributed by atoms with Crippen LogP contribution >= 0.6 is 0 Å². The van der Waals surface area contributed by atoms with E-state index >= 15 is 0 Å². The van der Waals surface area contributed by atoms with Gasteiger partial charge in [-0.25, -0.2) is 0 Å². The van der Waals surface area contributed by atoms with Crippen LogP contribution in [0.4, 0.5) is 17.1 Å². The van der Waals surface area contributed by atoms with Crippen molar-refractivity contribution in [2.45, 2.75) is 0 Å². The molecule has 0 bridgehead atoms. The summed E-state index contributed by atoms with van der Waals surface area (Å²) in [5.41, 5.74) is 5.24. The normalized spacial score (nSPS) is 11.7. The van der Waals surface area contributed by atoms with Crippen LogP contribution in [0.2, 0.25) is 0 Å². The molecule has 0 aliphatic carbocycles. The number of para-hydroxylation sites is 1. The van der Waals surface area contributed by atoms with Crippen LogP contribution in [-0.2, 0) is 0 Å². The van der Waals surface area contributed by atoms with E-state index in [2.05, 4.69) is 132 Å². The summed E-state index contributed by atoms with van der Waals surface area (Å²) in [4.78, 5) is 2.42. The molecule has 0 unspecified atom stereocenters. The molecule has 0 atom stereocenters. The second-order valence-electron chi connectivity index (χ2n) is 9.78. The molecule has 38 heavy (non-hydrogen) atoms. The Bertz CT molecular complexity index is 2060. The Balaban J connectivity index is 1.49. The summed E-state index contributed by atoms with van der Waals surface area (Å²) >= 11 is 0. The van der Waals surface area contributed by atoms with E-state index in [1.165, 1.54) is 26.9 Å². The standard InChI is InChI=1S/C36H23NO/c1-3-15-27-24(10-1)12-7-18-32(27)37(33-19-8-13-25-11-2-4-16-28(25)33)34-20-9-14-26-22-31-29-17-5-6-21-35(29)38-36(31)23-30(26)34/h1-23H. The van der Waals surface area contributed by atoms with Crippen LogP contribution in [0.15, 0.2) is 144 Å². The largest absolute Gasteiger partial charge is 0.456 e. The molecule has 1 aromatic heterocycles. The lowest BCUT2D eigenvalue weighted by Gasteiger charge is -2.29. The number of hydrogen-bond acceptors (Lipinski definition) is 2. The summed E-state index contributed by atoms with van der Waals surface area (Å²) in [6.45, 7) is 0. The van der Waals surface area contributed by atoms with Gasteiger partial charge in [0.2, 0.25) is 0 Å². The summed E-state index contributed by atoms with van der Waals surface area (Å²) in [5, 5.41) is 9.49. The minimum absolute atomic E-state index is 0.905. The number of nitrogens with zero attached hydrogens (tertiary/aromatic N) is 1. The zero-order valence-corrected chi connectivity index (χ0v) is 20.6. The van der Waals surface area contributed by atoms with Crippen LogP contribution in [0.3, 0.4) is 0 Å². The van der Waals surface area contributed by atoms with Gasteiger partial charge in [-0.2, -0.15) is 0 Å². The third-order valence-electron chi connectivity index (χ3n) is 7.61. The summed E-state index contributed by atoms with van der Waals surface area (Å²) in [5.74, 6) is 0.